The number of anilines is 1. The van der Waals surface area contributed by atoms with Crippen LogP contribution in [0.4, 0.5) is 5.69 Å². The van der Waals surface area contributed by atoms with Crippen molar-refractivity contribution in [1.82, 2.24) is 9.55 Å². The summed E-state index contributed by atoms with van der Waals surface area (Å²) >= 11 is 1.27. The number of nitrogens with one attached hydrogen (secondary N) is 1. The van der Waals surface area contributed by atoms with Gasteiger partial charge < -0.3 is 5.32 Å². The molecule has 0 saturated carbocycles. The van der Waals surface area contributed by atoms with Crippen molar-refractivity contribution >= 4 is 34.3 Å². The molecule has 0 aliphatic heterocycles. The summed E-state index contributed by atoms with van der Waals surface area (Å²) in [5.41, 5.74) is 4.12. The van der Waals surface area contributed by atoms with Crippen molar-refractivity contribution in [1.29, 1.82) is 0 Å². The van der Waals surface area contributed by atoms with E-state index < -0.39 is 5.25 Å². The molecule has 1 atom stereocenters. The monoisotopic (exact) mass is 429 g/mol. The smallest absolute Gasteiger partial charge is 0.266 e. The first-order valence-corrected chi connectivity index (χ1v) is 10.9. The van der Waals surface area contributed by atoms with Crippen LogP contribution < -0.4 is 10.9 Å². The highest BCUT2D eigenvalue weighted by Gasteiger charge is 2.20. The third-order valence-electron chi connectivity index (χ3n) is 4.90. The molecule has 1 amide bonds. The Balaban J connectivity index is 1.70. The Morgan fingerprint density at radius 1 is 0.968 bits per heavy atom. The Morgan fingerprint density at radius 2 is 1.61 bits per heavy atom. The zero-order chi connectivity index (χ0) is 22.0. The first kappa shape index (κ1) is 20.9. The lowest BCUT2D eigenvalue weighted by Gasteiger charge is -2.17. The number of para-hydroxylation sites is 2. The van der Waals surface area contributed by atoms with E-state index >= 15 is 0 Å². The molecule has 3 aromatic carbocycles. The first-order chi connectivity index (χ1) is 14.9. The number of carbonyl (C=O) groups excluding carboxylic acids is 1. The Kier molecular flexibility index (Phi) is 5.91. The summed E-state index contributed by atoms with van der Waals surface area (Å²) in [7, 11) is 0. The maximum absolute atomic E-state index is 13.3. The van der Waals surface area contributed by atoms with Gasteiger partial charge in [-0.15, -0.1) is 0 Å². The van der Waals surface area contributed by atoms with Gasteiger partial charge in [0.05, 0.1) is 21.8 Å². The molecule has 0 aliphatic carbocycles. The fraction of sp³-hybridized carbons (Fsp3) is 0.160. The molecular weight excluding hydrogens is 406 g/mol. The van der Waals surface area contributed by atoms with Crippen LogP contribution in [0.1, 0.15) is 18.1 Å². The largest absolute Gasteiger partial charge is 0.325 e. The van der Waals surface area contributed by atoms with Gasteiger partial charge in [-0.05, 0) is 68.3 Å². The molecule has 4 rings (SSSR count). The van der Waals surface area contributed by atoms with Gasteiger partial charge in [-0.3, -0.25) is 14.2 Å². The standard InChI is InChI=1S/C25H23N3O2S/c1-16-13-17(2)15-19(14-16)26-23(29)18(3)31-25-27-22-12-8-7-11-21(22)24(30)28(25)20-9-5-4-6-10-20/h4-15,18H,1-3H3,(H,26,29). The van der Waals surface area contributed by atoms with Gasteiger partial charge >= 0.3 is 0 Å². The maximum Gasteiger partial charge on any atom is 0.266 e. The highest BCUT2D eigenvalue weighted by atomic mass is 32.2. The van der Waals surface area contributed by atoms with Gasteiger partial charge in [0.25, 0.3) is 5.56 Å². The molecule has 1 heterocycles. The van der Waals surface area contributed by atoms with Crippen LogP contribution in [0.5, 0.6) is 0 Å². The third kappa shape index (κ3) is 4.54. The summed E-state index contributed by atoms with van der Waals surface area (Å²) < 4.78 is 1.58. The Bertz CT molecular complexity index is 1300. The van der Waals surface area contributed by atoms with Crippen molar-refractivity contribution in [2.24, 2.45) is 0 Å². The van der Waals surface area contributed by atoms with E-state index in [1.165, 1.54) is 11.8 Å². The van der Waals surface area contributed by atoms with Gasteiger partial charge in [0.15, 0.2) is 5.16 Å². The van der Waals surface area contributed by atoms with Crippen molar-refractivity contribution in [2.75, 3.05) is 5.32 Å². The van der Waals surface area contributed by atoms with Crippen LogP contribution in [0.25, 0.3) is 16.6 Å². The van der Waals surface area contributed by atoms with E-state index in [1.807, 2.05) is 81.4 Å². The minimum Gasteiger partial charge on any atom is -0.325 e. The Morgan fingerprint density at radius 3 is 2.32 bits per heavy atom. The second-order valence-corrected chi connectivity index (χ2v) is 8.82. The number of fused-ring (bicyclic) bond motifs is 1. The number of rotatable bonds is 5. The molecule has 4 aromatic rings. The number of hydrogen-bond donors (Lipinski definition) is 1. The highest BCUT2D eigenvalue weighted by molar-refractivity contribution is 8.00. The summed E-state index contributed by atoms with van der Waals surface area (Å²) in [6.45, 7) is 5.82. The van der Waals surface area contributed by atoms with Crippen LogP contribution in [0.2, 0.25) is 0 Å². The summed E-state index contributed by atoms with van der Waals surface area (Å²) in [5, 5.41) is 3.55. The molecule has 31 heavy (non-hydrogen) atoms. The average molecular weight is 430 g/mol. The molecule has 5 nitrogen and oxygen atoms in total. The molecule has 156 valence electrons. The van der Waals surface area contributed by atoms with Crippen LogP contribution in [0.3, 0.4) is 0 Å². The fourth-order valence-electron chi connectivity index (χ4n) is 3.50. The molecule has 0 aliphatic rings. The second-order valence-electron chi connectivity index (χ2n) is 7.51. The first-order valence-electron chi connectivity index (χ1n) is 10.1. The normalized spacial score (nSPS) is 12.0. The topological polar surface area (TPSA) is 64.0 Å². The Hall–Kier alpha value is -3.38. The number of aryl methyl sites for hydroxylation is 2. The van der Waals surface area contributed by atoms with Crippen molar-refractivity contribution in [2.45, 2.75) is 31.2 Å². The van der Waals surface area contributed by atoms with Gasteiger partial charge in [0, 0.05) is 5.69 Å². The number of benzene rings is 3. The fourth-order valence-corrected chi connectivity index (χ4v) is 4.43. The SMILES string of the molecule is Cc1cc(C)cc(NC(=O)C(C)Sc2nc3ccccc3c(=O)n2-c2ccccc2)c1. The molecule has 1 aromatic heterocycles. The van der Waals surface area contributed by atoms with Crippen LogP contribution in [-0.4, -0.2) is 20.7 Å². The molecule has 0 bridgehead atoms. The minimum atomic E-state index is -0.455. The average Bonchev–Trinajstić information content (AvgIpc) is 2.74. The summed E-state index contributed by atoms with van der Waals surface area (Å²) in [6, 6.07) is 22.6. The number of hydrogen-bond acceptors (Lipinski definition) is 4. The van der Waals surface area contributed by atoms with Crippen molar-refractivity contribution in [3.05, 3.63) is 94.3 Å². The van der Waals surface area contributed by atoms with Gasteiger partial charge in [0.2, 0.25) is 5.91 Å². The second kappa shape index (κ2) is 8.78. The van der Waals surface area contributed by atoms with E-state index in [1.54, 1.807) is 10.6 Å². The predicted octanol–water partition coefficient (Wildman–Crippen LogP) is 5.12. The molecule has 0 radical (unpaired) electrons. The van der Waals surface area contributed by atoms with Crippen LogP contribution in [-0.2, 0) is 4.79 Å². The number of thioether (sulfide) groups is 1. The van der Waals surface area contributed by atoms with E-state index in [2.05, 4.69) is 11.4 Å². The molecular formula is C25H23N3O2S. The molecule has 0 fully saturated rings. The lowest BCUT2D eigenvalue weighted by Crippen LogP contribution is -2.26. The molecule has 0 spiro atoms. The van der Waals surface area contributed by atoms with Gasteiger partial charge in [-0.25, -0.2) is 4.98 Å². The lowest BCUT2D eigenvalue weighted by molar-refractivity contribution is -0.115. The van der Waals surface area contributed by atoms with Crippen LogP contribution in [0.15, 0.2) is 82.7 Å². The van der Waals surface area contributed by atoms with Gasteiger partial charge in [-0.1, -0.05) is 48.2 Å². The molecule has 1 N–H and O–H groups in total. The summed E-state index contributed by atoms with van der Waals surface area (Å²) in [5.74, 6) is -0.142. The van der Waals surface area contributed by atoms with Gasteiger partial charge in [0.1, 0.15) is 0 Å². The molecule has 0 saturated heterocycles. The van der Waals surface area contributed by atoms with Crippen molar-refractivity contribution < 1.29 is 4.79 Å². The van der Waals surface area contributed by atoms with E-state index in [9.17, 15) is 9.59 Å². The quantitative estimate of drug-likeness (QED) is 0.353. The van der Waals surface area contributed by atoms with Crippen molar-refractivity contribution in [3.63, 3.8) is 0 Å². The van der Waals surface area contributed by atoms with E-state index in [0.717, 1.165) is 22.5 Å². The molecule has 1 unspecified atom stereocenters. The Labute approximate surface area is 185 Å². The zero-order valence-electron chi connectivity index (χ0n) is 17.6. The zero-order valence-corrected chi connectivity index (χ0v) is 18.4. The highest BCUT2D eigenvalue weighted by Crippen LogP contribution is 2.26. The van der Waals surface area contributed by atoms with Crippen LogP contribution in [0, 0.1) is 13.8 Å². The van der Waals surface area contributed by atoms with Crippen LogP contribution >= 0.6 is 11.8 Å². The minimum absolute atomic E-state index is 0.142. The van der Waals surface area contributed by atoms with Gasteiger partial charge in [-0.2, -0.15) is 0 Å². The third-order valence-corrected chi connectivity index (χ3v) is 5.95. The van der Waals surface area contributed by atoms with E-state index in [0.29, 0.717) is 16.1 Å². The van der Waals surface area contributed by atoms with Crippen molar-refractivity contribution in [3.8, 4) is 5.69 Å². The predicted molar refractivity (Wildman–Crippen MR) is 127 cm³/mol. The number of carbonyl (C=O) groups is 1. The maximum atomic E-state index is 13.3. The number of amides is 1. The van der Waals surface area contributed by atoms with E-state index in [-0.39, 0.29) is 11.5 Å². The summed E-state index contributed by atoms with van der Waals surface area (Å²) in [4.78, 5) is 30.9. The van der Waals surface area contributed by atoms with E-state index in [4.69, 9.17) is 4.98 Å². The number of nitrogens with zero attached hydrogens (tertiary/aromatic N) is 2. The summed E-state index contributed by atoms with van der Waals surface area (Å²) in [6.07, 6.45) is 0. The lowest BCUT2D eigenvalue weighted by atomic mass is 10.1. The number of aromatic nitrogens is 2. The molecule has 6 heteroatoms.